The van der Waals surface area contributed by atoms with Crippen molar-refractivity contribution in [2.24, 2.45) is 5.73 Å². The van der Waals surface area contributed by atoms with Crippen LogP contribution >= 0.6 is 8.19 Å². The van der Waals surface area contributed by atoms with E-state index in [9.17, 15) is 4.79 Å². The van der Waals surface area contributed by atoms with E-state index >= 15 is 0 Å². The molecule has 0 aliphatic heterocycles. The number of aliphatic carboxylic acids is 1. The lowest BCUT2D eigenvalue weighted by atomic mass is 10.2. The first kappa shape index (κ1) is 12.2. The van der Waals surface area contributed by atoms with Gasteiger partial charge in [0.1, 0.15) is 6.04 Å². The number of rotatable bonds is 3. The second-order valence-corrected chi connectivity index (χ2v) is 3.34. The highest BCUT2D eigenvalue weighted by atomic mass is 31.0. The molecule has 1 atom stereocenters. The van der Waals surface area contributed by atoms with E-state index in [1.807, 2.05) is 0 Å². The van der Waals surface area contributed by atoms with E-state index in [1.54, 1.807) is 0 Å². The van der Waals surface area contributed by atoms with Crippen molar-refractivity contribution in [1.29, 1.82) is 0 Å². The first-order valence-electron chi connectivity index (χ1n) is 3.85. The summed E-state index contributed by atoms with van der Waals surface area (Å²) in [5.41, 5.74) is 4.97. The van der Waals surface area contributed by atoms with Gasteiger partial charge in [0, 0.05) is 6.61 Å². The average molecular weight is 203 g/mol. The molecule has 0 aliphatic carbocycles. The summed E-state index contributed by atoms with van der Waals surface area (Å²) in [5.74, 6) is 3.24. The van der Waals surface area contributed by atoms with Crippen molar-refractivity contribution in [3.05, 3.63) is 23.7 Å². The molecule has 4 N–H and O–H groups in total. The predicted octanol–water partition coefficient (Wildman–Crippen LogP) is 0.499. The van der Waals surface area contributed by atoms with Crippen molar-refractivity contribution in [3.63, 3.8) is 0 Å². The number of hydrogen-bond acceptors (Lipinski definition) is 3. The van der Waals surface area contributed by atoms with Gasteiger partial charge in [-0.15, -0.1) is 8.19 Å². The van der Waals surface area contributed by atoms with Gasteiger partial charge in [-0.05, 0) is 18.0 Å². The molecule has 0 aliphatic rings. The number of hydrogen-bond donors (Lipinski definition) is 3. The van der Waals surface area contributed by atoms with Crippen LogP contribution < -0.4 is 5.73 Å². The summed E-state index contributed by atoms with van der Waals surface area (Å²) in [4.78, 5) is 9.85. The van der Waals surface area contributed by atoms with Crippen LogP contribution in [0.3, 0.4) is 0 Å². The Kier molecular flexibility index (Phi) is 7.30. The molecule has 0 saturated carbocycles. The smallest absolute Gasteiger partial charge is 0.320 e. The molecule has 0 spiro atoms. The Bertz CT molecular complexity index is 196. The van der Waals surface area contributed by atoms with Crippen LogP contribution in [0, 0.1) is 0 Å². The SMILES string of the molecule is N[C@@H](CCO)C(=O)O.c1cc[pH]c1. The molecule has 0 aromatic carbocycles. The number of aliphatic hydroxyl groups is 1. The Morgan fingerprint density at radius 3 is 2.15 bits per heavy atom. The molecular formula is C8H14NO3P. The van der Waals surface area contributed by atoms with Crippen LogP contribution in [0.15, 0.2) is 23.7 Å². The molecule has 5 heteroatoms. The number of aliphatic hydroxyl groups excluding tert-OH is 1. The quantitative estimate of drug-likeness (QED) is 0.667. The van der Waals surface area contributed by atoms with Gasteiger partial charge in [0.25, 0.3) is 0 Å². The summed E-state index contributed by atoms with van der Waals surface area (Å²) in [7, 11) is 0.948. The third kappa shape index (κ3) is 7.53. The van der Waals surface area contributed by atoms with E-state index in [0.29, 0.717) is 0 Å². The highest BCUT2D eigenvalue weighted by Gasteiger charge is 2.08. The minimum absolute atomic E-state index is 0.120. The first-order valence-corrected chi connectivity index (χ1v) is 5.01. The lowest BCUT2D eigenvalue weighted by Crippen LogP contribution is -2.30. The molecule has 0 radical (unpaired) electrons. The molecule has 1 aromatic rings. The van der Waals surface area contributed by atoms with Crippen LogP contribution in [0.2, 0.25) is 0 Å². The lowest BCUT2D eigenvalue weighted by molar-refractivity contribution is -0.138. The maximum atomic E-state index is 9.85. The molecule has 1 aromatic heterocycles. The van der Waals surface area contributed by atoms with Gasteiger partial charge in [-0.3, -0.25) is 4.79 Å². The van der Waals surface area contributed by atoms with Gasteiger partial charge < -0.3 is 15.9 Å². The van der Waals surface area contributed by atoms with Gasteiger partial charge in [-0.2, -0.15) is 0 Å². The Morgan fingerprint density at radius 2 is 2.00 bits per heavy atom. The Balaban J connectivity index is 0.000000243. The molecule has 13 heavy (non-hydrogen) atoms. The summed E-state index contributed by atoms with van der Waals surface area (Å²) in [5, 5.41) is 16.2. The molecule has 1 rings (SSSR count). The van der Waals surface area contributed by atoms with E-state index in [4.69, 9.17) is 15.9 Å². The van der Waals surface area contributed by atoms with E-state index in [0.717, 1.165) is 8.19 Å². The van der Waals surface area contributed by atoms with Crippen molar-refractivity contribution in [2.75, 3.05) is 6.61 Å². The van der Waals surface area contributed by atoms with E-state index in [-0.39, 0.29) is 13.0 Å². The highest BCUT2D eigenvalue weighted by Crippen LogP contribution is 1.99. The Hall–Kier alpha value is -0.830. The summed E-state index contributed by atoms with van der Waals surface area (Å²) >= 11 is 0. The minimum Gasteiger partial charge on any atom is -0.480 e. The molecule has 74 valence electrons. The van der Waals surface area contributed by atoms with Crippen LogP contribution in [0.25, 0.3) is 0 Å². The van der Waals surface area contributed by atoms with Crippen molar-refractivity contribution < 1.29 is 15.0 Å². The Labute approximate surface area is 78.5 Å². The standard InChI is InChI=1S/C4H9NO3.C4H5P/c5-3(1-2-6)4(7)8;1-2-4-5-3-1/h3,6H,1-2,5H2,(H,7,8);1-5H/t3-;/m0./s1. The summed E-state index contributed by atoms with van der Waals surface area (Å²) in [6, 6.07) is 3.22. The zero-order valence-electron chi connectivity index (χ0n) is 7.18. The zero-order chi connectivity index (χ0) is 10.1. The van der Waals surface area contributed by atoms with Crippen LogP contribution in [0.5, 0.6) is 0 Å². The van der Waals surface area contributed by atoms with Gasteiger partial charge in [0.05, 0.1) is 0 Å². The fourth-order valence-corrected chi connectivity index (χ4v) is 1.10. The molecule has 0 saturated heterocycles. The maximum absolute atomic E-state index is 9.85. The largest absolute Gasteiger partial charge is 0.480 e. The molecule has 0 fully saturated rings. The van der Waals surface area contributed by atoms with Crippen LogP contribution in [-0.4, -0.2) is 28.8 Å². The highest BCUT2D eigenvalue weighted by molar-refractivity contribution is 7.28. The number of carboxylic acid groups (broad SMARTS) is 1. The summed E-state index contributed by atoms with van der Waals surface area (Å²) in [6.45, 7) is -0.173. The fourth-order valence-electron chi connectivity index (χ4n) is 0.540. The minimum atomic E-state index is -1.07. The summed E-state index contributed by atoms with van der Waals surface area (Å²) < 4.78 is 0. The molecule has 0 bridgehead atoms. The van der Waals surface area contributed by atoms with E-state index < -0.39 is 12.0 Å². The normalized spacial score (nSPS) is 11.2. The number of carbonyl (C=O) groups is 1. The van der Waals surface area contributed by atoms with Crippen LogP contribution in [0.4, 0.5) is 0 Å². The molecule has 4 nitrogen and oxygen atoms in total. The number of carboxylic acids is 1. The van der Waals surface area contributed by atoms with Gasteiger partial charge in [-0.1, -0.05) is 12.1 Å². The third-order valence-electron chi connectivity index (χ3n) is 1.25. The topological polar surface area (TPSA) is 83.5 Å². The van der Waals surface area contributed by atoms with Gasteiger partial charge in [0.2, 0.25) is 0 Å². The molecule has 1 heterocycles. The summed E-state index contributed by atoms with van der Waals surface area (Å²) in [6.07, 6.45) is 0.120. The second-order valence-electron chi connectivity index (χ2n) is 2.34. The van der Waals surface area contributed by atoms with Crippen molar-refractivity contribution in [3.8, 4) is 0 Å². The molecular weight excluding hydrogens is 189 g/mol. The predicted molar refractivity (Wildman–Crippen MR) is 53.3 cm³/mol. The van der Waals surface area contributed by atoms with E-state index in [1.165, 1.54) is 0 Å². The van der Waals surface area contributed by atoms with E-state index in [2.05, 4.69) is 23.7 Å². The van der Waals surface area contributed by atoms with Gasteiger partial charge >= 0.3 is 5.97 Å². The van der Waals surface area contributed by atoms with Gasteiger partial charge in [-0.25, -0.2) is 0 Å². The monoisotopic (exact) mass is 203 g/mol. The average Bonchev–Trinajstić information content (AvgIpc) is 2.61. The van der Waals surface area contributed by atoms with Gasteiger partial charge in [0.15, 0.2) is 0 Å². The fraction of sp³-hybridized carbons (Fsp3) is 0.375. The maximum Gasteiger partial charge on any atom is 0.320 e. The van der Waals surface area contributed by atoms with Crippen molar-refractivity contribution in [2.45, 2.75) is 12.5 Å². The zero-order valence-corrected chi connectivity index (χ0v) is 8.18. The second kappa shape index (κ2) is 7.80. The van der Waals surface area contributed by atoms with Crippen molar-refractivity contribution >= 4 is 14.2 Å². The third-order valence-corrected chi connectivity index (χ3v) is 2.02. The van der Waals surface area contributed by atoms with Crippen LogP contribution in [0.1, 0.15) is 6.42 Å². The molecule has 0 amide bonds. The first-order chi connectivity index (χ1) is 6.18. The Morgan fingerprint density at radius 1 is 1.46 bits per heavy atom. The van der Waals surface area contributed by atoms with Crippen molar-refractivity contribution in [1.82, 2.24) is 0 Å². The van der Waals surface area contributed by atoms with Crippen LogP contribution in [-0.2, 0) is 4.79 Å². The molecule has 0 unspecified atom stereocenters. The lowest BCUT2D eigenvalue weighted by Gasteiger charge is -2.00. The number of nitrogens with two attached hydrogens (primary N) is 1.